The molecule has 2 bridgehead atoms. The molecule has 0 amide bonds. The van der Waals surface area contributed by atoms with E-state index in [4.69, 9.17) is 9.47 Å². The Hall–Kier alpha value is -2.55. The summed E-state index contributed by atoms with van der Waals surface area (Å²) in [6.07, 6.45) is 6.43. The summed E-state index contributed by atoms with van der Waals surface area (Å²) in [4.78, 5) is 11.3. The van der Waals surface area contributed by atoms with Gasteiger partial charge in [0.05, 0.1) is 6.61 Å². The van der Waals surface area contributed by atoms with Crippen LogP contribution in [0.15, 0.2) is 60.7 Å². The Kier molecular flexibility index (Phi) is 7.61. The van der Waals surface area contributed by atoms with Crippen molar-refractivity contribution in [2.24, 2.45) is 0 Å². The zero-order valence-corrected chi connectivity index (χ0v) is 14.1. The normalized spacial score (nSPS) is 11.5. The average Bonchev–Trinajstić information content (AvgIpc) is 2.66. The van der Waals surface area contributed by atoms with E-state index in [1.807, 2.05) is 42.5 Å². The van der Waals surface area contributed by atoms with Crippen LogP contribution < -0.4 is 4.74 Å². The van der Waals surface area contributed by atoms with Crippen LogP contribution in [-0.2, 0) is 16.1 Å². The van der Waals surface area contributed by atoms with Crippen molar-refractivity contribution in [1.29, 1.82) is 0 Å². The summed E-state index contributed by atoms with van der Waals surface area (Å²) < 4.78 is 10.2. The molecule has 0 saturated carbocycles. The molecule has 0 unspecified atom stereocenters. The number of esters is 1. The molecule has 0 radical (unpaired) electrons. The predicted octanol–water partition coefficient (Wildman–Crippen LogP) is 5.01. The first-order chi connectivity index (χ1) is 11.8. The molecule has 2 aliphatic rings. The van der Waals surface area contributed by atoms with Crippen molar-refractivity contribution in [2.45, 2.75) is 32.8 Å². The molecule has 2 aromatic carbocycles. The lowest BCUT2D eigenvalue weighted by Crippen LogP contribution is -2.01. The molecule has 3 heteroatoms. The summed E-state index contributed by atoms with van der Waals surface area (Å²) in [6.45, 7) is 3.41. The smallest absolute Gasteiger partial charge is 0.330 e. The Morgan fingerprint density at radius 3 is 2.33 bits per heavy atom. The standard InChI is InChI=1S/C14H18O2.C7H6O/c1-2-3-7-12-16-14(15)11-10-13-8-5-4-6-9-13;1-3-7-4-2-6(1)5-8-7/h4-6,8-11H,2-3,7,12H2,1H3;1-4H,5H2. The van der Waals surface area contributed by atoms with E-state index in [1.54, 1.807) is 6.08 Å². The van der Waals surface area contributed by atoms with Gasteiger partial charge in [0.15, 0.2) is 0 Å². The highest BCUT2D eigenvalue weighted by atomic mass is 16.5. The number of hydrogen-bond acceptors (Lipinski definition) is 3. The zero-order chi connectivity index (χ0) is 17.0. The number of carbonyl (C=O) groups excluding carboxylic acids is 1. The number of ether oxygens (including phenoxy) is 2. The minimum absolute atomic E-state index is 0.264. The van der Waals surface area contributed by atoms with Gasteiger partial charge in [-0.2, -0.15) is 0 Å². The minimum atomic E-state index is -0.264. The van der Waals surface area contributed by atoms with E-state index in [1.165, 1.54) is 11.6 Å². The van der Waals surface area contributed by atoms with Crippen LogP contribution in [-0.4, -0.2) is 12.6 Å². The Morgan fingerprint density at radius 2 is 1.83 bits per heavy atom. The van der Waals surface area contributed by atoms with Crippen LogP contribution >= 0.6 is 0 Å². The van der Waals surface area contributed by atoms with Crippen LogP contribution in [0.25, 0.3) is 6.08 Å². The summed E-state index contributed by atoms with van der Waals surface area (Å²) >= 11 is 0. The van der Waals surface area contributed by atoms with E-state index in [9.17, 15) is 4.79 Å². The topological polar surface area (TPSA) is 35.5 Å². The maximum Gasteiger partial charge on any atom is 0.330 e. The molecule has 2 aliphatic heterocycles. The van der Waals surface area contributed by atoms with Gasteiger partial charge >= 0.3 is 5.97 Å². The van der Waals surface area contributed by atoms with Crippen LogP contribution in [0.5, 0.6) is 5.75 Å². The van der Waals surface area contributed by atoms with Crippen molar-refractivity contribution >= 4 is 12.0 Å². The molecule has 0 aromatic heterocycles. The van der Waals surface area contributed by atoms with Gasteiger partial charge in [-0.25, -0.2) is 4.79 Å². The summed E-state index contributed by atoms with van der Waals surface area (Å²) in [7, 11) is 0. The molecule has 24 heavy (non-hydrogen) atoms. The quantitative estimate of drug-likeness (QED) is 0.425. The fraction of sp³-hybridized carbons (Fsp3) is 0.286. The first-order valence-electron chi connectivity index (χ1n) is 8.39. The minimum Gasteiger partial charge on any atom is -0.489 e. The molecule has 2 aromatic rings. The zero-order valence-electron chi connectivity index (χ0n) is 14.1. The van der Waals surface area contributed by atoms with Crippen molar-refractivity contribution in [2.75, 3.05) is 6.61 Å². The van der Waals surface area contributed by atoms with E-state index in [0.29, 0.717) is 6.61 Å². The van der Waals surface area contributed by atoms with E-state index < -0.39 is 0 Å². The van der Waals surface area contributed by atoms with Gasteiger partial charge in [0.25, 0.3) is 0 Å². The van der Waals surface area contributed by atoms with Crippen molar-refractivity contribution in [3.63, 3.8) is 0 Å². The Balaban J connectivity index is 0.000000214. The number of hydrogen-bond donors (Lipinski definition) is 0. The first-order valence-corrected chi connectivity index (χ1v) is 8.39. The number of unbranched alkanes of at least 4 members (excludes halogenated alkanes) is 2. The number of rotatable bonds is 6. The highest BCUT2D eigenvalue weighted by molar-refractivity contribution is 5.86. The van der Waals surface area contributed by atoms with Gasteiger partial charge in [-0.3, -0.25) is 0 Å². The monoisotopic (exact) mass is 324 g/mol. The molecule has 2 heterocycles. The fourth-order valence-electron chi connectivity index (χ4n) is 2.15. The van der Waals surface area contributed by atoms with Crippen LogP contribution in [0.2, 0.25) is 0 Å². The van der Waals surface area contributed by atoms with Crippen LogP contribution in [0.4, 0.5) is 0 Å². The van der Waals surface area contributed by atoms with Gasteiger partial charge in [-0.1, -0.05) is 62.2 Å². The second-order valence-corrected chi connectivity index (χ2v) is 5.55. The molecule has 0 saturated heterocycles. The van der Waals surface area contributed by atoms with E-state index in [-0.39, 0.29) is 5.97 Å². The summed E-state index contributed by atoms with van der Waals surface area (Å²) in [5.74, 6) is 0.722. The maximum absolute atomic E-state index is 11.3. The van der Waals surface area contributed by atoms with Crippen molar-refractivity contribution in [3.05, 3.63) is 71.8 Å². The fourth-order valence-corrected chi connectivity index (χ4v) is 2.15. The molecule has 0 atom stereocenters. The van der Waals surface area contributed by atoms with E-state index >= 15 is 0 Å². The third-order valence-corrected chi connectivity index (χ3v) is 3.53. The summed E-state index contributed by atoms with van der Waals surface area (Å²) in [6, 6.07) is 17.8. The third-order valence-electron chi connectivity index (χ3n) is 3.53. The predicted molar refractivity (Wildman–Crippen MR) is 96.7 cm³/mol. The van der Waals surface area contributed by atoms with Gasteiger partial charge in [0.2, 0.25) is 0 Å². The molecule has 3 nitrogen and oxygen atoms in total. The van der Waals surface area contributed by atoms with Gasteiger partial charge in [0.1, 0.15) is 12.4 Å². The van der Waals surface area contributed by atoms with Gasteiger partial charge in [-0.05, 0) is 35.8 Å². The lowest BCUT2D eigenvalue weighted by molar-refractivity contribution is -0.137. The molecule has 126 valence electrons. The average molecular weight is 324 g/mol. The Morgan fingerprint density at radius 1 is 1.08 bits per heavy atom. The summed E-state index contributed by atoms with van der Waals surface area (Å²) in [5, 5.41) is 0. The number of carbonyl (C=O) groups is 1. The lowest BCUT2D eigenvalue weighted by atomic mass is 10.2. The molecule has 0 spiro atoms. The SMILES string of the molecule is CCCCCOC(=O)C=Cc1ccccc1.c1cc2ccc1CO2. The molecular weight excluding hydrogens is 300 g/mol. The Bertz CT molecular complexity index is 607. The Labute approximate surface area is 143 Å². The number of benzene rings is 2. The second-order valence-electron chi connectivity index (χ2n) is 5.55. The van der Waals surface area contributed by atoms with Crippen LogP contribution in [0.1, 0.15) is 37.3 Å². The van der Waals surface area contributed by atoms with Gasteiger partial charge in [-0.15, -0.1) is 0 Å². The first kappa shape index (κ1) is 17.8. The lowest BCUT2D eigenvalue weighted by Gasteiger charge is -2.11. The van der Waals surface area contributed by atoms with Gasteiger partial charge < -0.3 is 9.47 Å². The van der Waals surface area contributed by atoms with Crippen molar-refractivity contribution < 1.29 is 14.3 Å². The second kappa shape index (κ2) is 10.3. The highest BCUT2D eigenvalue weighted by Crippen LogP contribution is 2.19. The molecular formula is C21H24O3. The summed E-state index contributed by atoms with van der Waals surface area (Å²) in [5.41, 5.74) is 2.27. The van der Waals surface area contributed by atoms with Crippen molar-refractivity contribution in [1.82, 2.24) is 0 Å². The molecule has 0 fully saturated rings. The van der Waals surface area contributed by atoms with Crippen LogP contribution in [0, 0.1) is 0 Å². The maximum atomic E-state index is 11.3. The number of fused-ring (bicyclic) bond motifs is 3. The van der Waals surface area contributed by atoms with Crippen LogP contribution in [0.3, 0.4) is 0 Å². The molecule has 4 rings (SSSR count). The molecule has 0 N–H and O–H groups in total. The molecule has 0 aliphatic carbocycles. The van der Waals surface area contributed by atoms with E-state index in [0.717, 1.165) is 37.2 Å². The highest BCUT2D eigenvalue weighted by Gasteiger charge is 2.01. The van der Waals surface area contributed by atoms with Crippen molar-refractivity contribution in [3.8, 4) is 5.75 Å². The van der Waals surface area contributed by atoms with Gasteiger partial charge in [0, 0.05) is 6.08 Å². The largest absolute Gasteiger partial charge is 0.489 e. The third kappa shape index (κ3) is 6.69. The van der Waals surface area contributed by atoms with E-state index in [2.05, 4.69) is 19.1 Å².